The van der Waals surface area contributed by atoms with Crippen molar-refractivity contribution in [3.05, 3.63) is 65.0 Å². The van der Waals surface area contributed by atoms with Crippen LogP contribution >= 0.6 is 11.7 Å². The molecule has 1 amide bonds. The van der Waals surface area contributed by atoms with Crippen LogP contribution in [0.2, 0.25) is 0 Å². The van der Waals surface area contributed by atoms with Gasteiger partial charge >= 0.3 is 0 Å². The molecule has 0 aliphatic heterocycles. The molecular formula is C20H21N3O4S. The summed E-state index contributed by atoms with van der Waals surface area (Å²) in [5.41, 5.74) is 3.16. The molecule has 0 spiro atoms. The van der Waals surface area contributed by atoms with Gasteiger partial charge in [0.1, 0.15) is 18.1 Å². The van der Waals surface area contributed by atoms with E-state index in [-0.39, 0.29) is 5.91 Å². The second-order valence-corrected chi connectivity index (χ2v) is 6.51. The number of amides is 1. The number of nitrogens with zero attached hydrogens (tertiary/aromatic N) is 2. The summed E-state index contributed by atoms with van der Waals surface area (Å²) in [5.74, 6) is 1.78. The van der Waals surface area contributed by atoms with E-state index in [4.69, 9.17) is 14.2 Å². The van der Waals surface area contributed by atoms with Crippen molar-refractivity contribution >= 4 is 17.6 Å². The van der Waals surface area contributed by atoms with Gasteiger partial charge in [-0.25, -0.2) is 0 Å². The summed E-state index contributed by atoms with van der Waals surface area (Å²) in [6.45, 7) is 2.63. The monoisotopic (exact) mass is 399 g/mol. The quantitative estimate of drug-likeness (QED) is 0.625. The molecule has 0 aliphatic rings. The highest BCUT2D eigenvalue weighted by atomic mass is 32.1. The van der Waals surface area contributed by atoms with Crippen LogP contribution in [0.5, 0.6) is 17.2 Å². The first-order valence-electron chi connectivity index (χ1n) is 8.60. The van der Waals surface area contributed by atoms with Crippen LogP contribution in [-0.2, 0) is 13.2 Å². The topological polar surface area (TPSA) is 82.6 Å². The molecular weight excluding hydrogens is 378 g/mol. The molecule has 1 N–H and O–H groups in total. The number of ether oxygens (including phenoxy) is 3. The van der Waals surface area contributed by atoms with Crippen LogP contribution in [0.4, 0.5) is 0 Å². The van der Waals surface area contributed by atoms with Crippen molar-refractivity contribution in [1.82, 2.24) is 14.1 Å². The smallest absolute Gasteiger partial charge is 0.251 e. The van der Waals surface area contributed by atoms with Gasteiger partial charge in [-0.3, -0.25) is 4.79 Å². The molecule has 3 rings (SSSR count). The second kappa shape index (κ2) is 9.18. The van der Waals surface area contributed by atoms with E-state index >= 15 is 0 Å². The minimum atomic E-state index is -0.166. The molecule has 0 saturated carbocycles. The Morgan fingerprint density at radius 2 is 1.79 bits per heavy atom. The fraction of sp³-hybridized carbons (Fsp3) is 0.250. The minimum Gasteiger partial charge on any atom is -0.493 e. The number of rotatable bonds is 8. The highest BCUT2D eigenvalue weighted by Crippen LogP contribution is 2.27. The molecule has 0 atom stereocenters. The van der Waals surface area contributed by atoms with E-state index in [2.05, 4.69) is 14.1 Å². The zero-order chi connectivity index (χ0) is 19.9. The average molecular weight is 399 g/mol. The number of nitrogens with one attached hydrogen (secondary N) is 1. The summed E-state index contributed by atoms with van der Waals surface area (Å²) in [6, 6.07) is 12.5. The molecule has 0 saturated heterocycles. The van der Waals surface area contributed by atoms with E-state index in [1.165, 1.54) is 11.7 Å². The maximum atomic E-state index is 12.4. The van der Waals surface area contributed by atoms with Gasteiger partial charge in [-0.1, -0.05) is 6.07 Å². The lowest BCUT2D eigenvalue weighted by molar-refractivity contribution is 0.0951. The maximum absolute atomic E-state index is 12.4. The SMILES string of the molecule is COc1ccc(CNC(=O)c2ccc(OCc3nsnc3C)cc2)cc1OC. The van der Waals surface area contributed by atoms with Crippen molar-refractivity contribution in [2.45, 2.75) is 20.1 Å². The molecule has 0 radical (unpaired) electrons. The van der Waals surface area contributed by atoms with E-state index in [1.807, 2.05) is 25.1 Å². The third-order valence-corrected chi connectivity index (χ3v) is 4.80. The van der Waals surface area contributed by atoms with Crippen molar-refractivity contribution in [2.24, 2.45) is 0 Å². The number of carbonyl (C=O) groups excluding carboxylic acids is 1. The average Bonchev–Trinajstić information content (AvgIpc) is 3.15. The van der Waals surface area contributed by atoms with Gasteiger partial charge in [0.25, 0.3) is 5.91 Å². The van der Waals surface area contributed by atoms with Gasteiger partial charge in [0.15, 0.2) is 11.5 Å². The number of methoxy groups -OCH3 is 2. The molecule has 146 valence electrons. The van der Waals surface area contributed by atoms with Crippen molar-refractivity contribution in [3.8, 4) is 17.2 Å². The molecule has 8 heteroatoms. The normalized spacial score (nSPS) is 10.4. The molecule has 7 nitrogen and oxygen atoms in total. The summed E-state index contributed by atoms with van der Waals surface area (Å²) < 4.78 is 24.5. The Kier molecular flexibility index (Phi) is 6.44. The van der Waals surface area contributed by atoms with Crippen LogP contribution in [-0.4, -0.2) is 28.9 Å². The first-order chi connectivity index (χ1) is 13.6. The van der Waals surface area contributed by atoms with E-state index in [1.54, 1.807) is 38.5 Å². The zero-order valence-corrected chi connectivity index (χ0v) is 16.7. The maximum Gasteiger partial charge on any atom is 0.251 e. The Balaban J connectivity index is 1.55. The van der Waals surface area contributed by atoms with Crippen LogP contribution in [0.25, 0.3) is 0 Å². The van der Waals surface area contributed by atoms with Crippen molar-refractivity contribution in [1.29, 1.82) is 0 Å². The second-order valence-electron chi connectivity index (χ2n) is 5.98. The van der Waals surface area contributed by atoms with Gasteiger partial charge < -0.3 is 19.5 Å². The molecule has 0 fully saturated rings. The Bertz CT molecular complexity index is 941. The predicted octanol–water partition coefficient (Wildman–Crippen LogP) is 3.37. The van der Waals surface area contributed by atoms with Gasteiger partial charge in [-0.05, 0) is 48.9 Å². The lowest BCUT2D eigenvalue weighted by Gasteiger charge is -2.11. The van der Waals surface area contributed by atoms with Crippen molar-refractivity contribution in [3.63, 3.8) is 0 Å². The molecule has 1 aromatic heterocycles. The molecule has 0 unspecified atom stereocenters. The van der Waals surface area contributed by atoms with Crippen LogP contribution in [0.15, 0.2) is 42.5 Å². The molecule has 0 bridgehead atoms. The van der Waals surface area contributed by atoms with Gasteiger partial charge in [0, 0.05) is 12.1 Å². The lowest BCUT2D eigenvalue weighted by Crippen LogP contribution is -2.22. The summed E-state index contributed by atoms with van der Waals surface area (Å²) in [7, 11) is 3.16. The Labute approximate surface area is 167 Å². The third-order valence-electron chi connectivity index (χ3n) is 4.14. The number of benzene rings is 2. The van der Waals surface area contributed by atoms with Crippen LogP contribution in [0.1, 0.15) is 27.3 Å². The Morgan fingerprint density at radius 1 is 1.04 bits per heavy atom. The van der Waals surface area contributed by atoms with E-state index < -0.39 is 0 Å². The van der Waals surface area contributed by atoms with Crippen LogP contribution < -0.4 is 19.5 Å². The van der Waals surface area contributed by atoms with Crippen molar-refractivity contribution < 1.29 is 19.0 Å². The standard InChI is InChI=1S/C20H21N3O4S/c1-13-17(23-28-22-13)12-27-16-7-5-15(6-8-16)20(24)21-11-14-4-9-18(25-2)19(10-14)26-3/h4-10H,11-12H2,1-3H3,(H,21,24). The molecule has 0 aliphatic carbocycles. The van der Waals surface area contributed by atoms with Gasteiger partial charge in [-0.2, -0.15) is 8.75 Å². The predicted molar refractivity (Wildman–Crippen MR) is 106 cm³/mol. The Hall–Kier alpha value is -3.13. The number of carbonyl (C=O) groups is 1. The Morgan fingerprint density at radius 3 is 2.43 bits per heavy atom. The number of hydrogen-bond acceptors (Lipinski definition) is 7. The molecule has 3 aromatic rings. The first kappa shape index (κ1) is 19.6. The van der Waals surface area contributed by atoms with E-state index in [0.717, 1.165) is 17.0 Å². The van der Waals surface area contributed by atoms with Crippen LogP contribution in [0.3, 0.4) is 0 Å². The summed E-state index contributed by atoms with van der Waals surface area (Å²) in [6.07, 6.45) is 0. The van der Waals surface area contributed by atoms with Crippen LogP contribution in [0, 0.1) is 6.92 Å². The van der Waals surface area contributed by atoms with Crippen molar-refractivity contribution in [2.75, 3.05) is 14.2 Å². The number of aromatic nitrogens is 2. The van der Waals surface area contributed by atoms with Gasteiger partial charge in [-0.15, -0.1) is 0 Å². The number of aryl methyl sites for hydroxylation is 1. The largest absolute Gasteiger partial charge is 0.493 e. The molecule has 28 heavy (non-hydrogen) atoms. The highest BCUT2D eigenvalue weighted by molar-refractivity contribution is 6.99. The molecule has 2 aromatic carbocycles. The third kappa shape index (κ3) is 4.77. The van der Waals surface area contributed by atoms with E-state index in [0.29, 0.717) is 36.0 Å². The van der Waals surface area contributed by atoms with Gasteiger partial charge in [0.2, 0.25) is 0 Å². The fourth-order valence-electron chi connectivity index (χ4n) is 2.51. The summed E-state index contributed by atoms with van der Waals surface area (Å²) in [4.78, 5) is 12.4. The van der Waals surface area contributed by atoms with Gasteiger partial charge in [0.05, 0.1) is 31.6 Å². The van der Waals surface area contributed by atoms with E-state index in [9.17, 15) is 4.79 Å². The highest BCUT2D eigenvalue weighted by Gasteiger charge is 2.09. The first-order valence-corrected chi connectivity index (χ1v) is 9.33. The zero-order valence-electron chi connectivity index (χ0n) is 15.9. The number of hydrogen-bond donors (Lipinski definition) is 1. The summed E-state index contributed by atoms with van der Waals surface area (Å²) >= 11 is 1.17. The molecule has 1 heterocycles. The summed E-state index contributed by atoms with van der Waals surface area (Å²) in [5, 5.41) is 2.89. The fourth-order valence-corrected chi connectivity index (χ4v) is 3.06. The minimum absolute atomic E-state index is 0.166. The lowest BCUT2D eigenvalue weighted by atomic mass is 10.1.